The van der Waals surface area contributed by atoms with Gasteiger partial charge in [0.2, 0.25) is 0 Å². The van der Waals surface area contributed by atoms with E-state index < -0.39 is 5.60 Å². The number of likely N-dealkylation sites (tertiary alicyclic amines) is 1. The number of carbonyl (C=O) groups is 2. The van der Waals surface area contributed by atoms with Crippen LogP contribution >= 0.6 is 0 Å². The largest absolute Gasteiger partial charge is 0.492 e. The number of amides is 2. The van der Waals surface area contributed by atoms with Crippen molar-refractivity contribution in [2.45, 2.75) is 18.4 Å². The third-order valence-corrected chi connectivity index (χ3v) is 5.20. The minimum Gasteiger partial charge on any atom is -0.492 e. The summed E-state index contributed by atoms with van der Waals surface area (Å²) in [6.07, 6.45) is 0.881. The second-order valence-electron chi connectivity index (χ2n) is 7.13. The summed E-state index contributed by atoms with van der Waals surface area (Å²) in [5.41, 5.74) is 5.40. The number of hydrogen-bond acceptors (Lipinski definition) is 6. The number of nitrogens with one attached hydrogen (secondary N) is 1. The van der Waals surface area contributed by atoms with Crippen molar-refractivity contribution < 1.29 is 19.1 Å². The van der Waals surface area contributed by atoms with Crippen molar-refractivity contribution in [3.8, 4) is 5.75 Å². The molecular formula is C19H23N5O4. The predicted octanol–water partition coefficient (Wildman–Crippen LogP) is 1.50. The lowest BCUT2D eigenvalue weighted by Crippen LogP contribution is -2.49. The number of nitrogens with two attached hydrogens (primary N) is 1. The van der Waals surface area contributed by atoms with E-state index in [2.05, 4.69) is 10.2 Å². The van der Waals surface area contributed by atoms with Gasteiger partial charge in [0.1, 0.15) is 29.5 Å². The number of nitrogens with zero attached hydrogens (tertiary/aromatic N) is 3. The summed E-state index contributed by atoms with van der Waals surface area (Å²) >= 11 is 0. The molecule has 2 fully saturated rings. The molecule has 2 aliphatic rings. The van der Waals surface area contributed by atoms with E-state index in [-0.39, 0.29) is 17.8 Å². The molecule has 0 unspecified atom stereocenters. The molecule has 2 aliphatic heterocycles. The number of aromatic amines is 1. The zero-order valence-electron chi connectivity index (χ0n) is 15.5. The van der Waals surface area contributed by atoms with Gasteiger partial charge in [-0.15, -0.1) is 0 Å². The Morgan fingerprint density at radius 3 is 2.71 bits per heavy atom. The average molecular weight is 385 g/mol. The molecule has 2 amide bonds. The van der Waals surface area contributed by atoms with E-state index in [0.717, 1.165) is 5.75 Å². The third kappa shape index (κ3) is 3.73. The van der Waals surface area contributed by atoms with Gasteiger partial charge < -0.3 is 25.0 Å². The van der Waals surface area contributed by atoms with Crippen molar-refractivity contribution in [2.75, 3.05) is 38.5 Å². The van der Waals surface area contributed by atoms with E-state index in [9.17, 15) is 9.59 Å². The van der Waals surface area contributed by atoms with Crippen LogP contribution in [0, 0.1) is 0 Å². The van der Waals surface area contributed by atoms with Gasteiger partial charge in [0.25, 0.3) is 5.91 Å². The van der Waals surface area contributed by atoms with Gasteiger partial charge in [-0.3, -0.25) is 9.89 Å². The van der Waals surface area contributed by atoms with Gasteiger partial charge in [0.05, 0.1) is 13.1 Å². The molecule has 2 saturated heterocycles. The van der Waals surface area contributed by atoms with Gasteiger partial charge in [0.15, 0.2) is 0 Å². The normalized spacial score (nSPS) is 18.4. The van der Waals surface area contributed by atoms with E-state index in [1.54, 1.807) is 9.80 Å². The van der Waals surface area contributed by atoms with Crippen LogP contribution in [0.3, 0.4) is 0 Å². The van der Waals surface area contributed by atoms with Crippen molar-refractivity contribution >= 4 is 17.8 Å². The monoisotopic (exact) mass is 385 g/mol. The summed E-state index contributed by atoms with van der Waals surface area (Å²) in [7, 11) is 0. The second-order valence-corrected chi connectivity index (χ2v) is 7.13. The first-order valence-electron chi connectivity index (χ1n) is 9.31. The molecule has 0 aliphatic carbocycles. The summed E-state index contributed by atoms with van der Waals surface area (Å²) in [6.45, 7) is 2.41. The number of hydrogen-bond donors (Lipinski definition) is 2. The Morgan fingerprint density at radius 1 is 1.29 bits per heavy atom. The number of rotatable bonds is 5. The smallest absolute Gasteiger partial charge is 0.410 e. The average Bonchev–Trinajstić information content (AvgIpc) is 3.26. The number of H-pyrrole nitrogens is 1. The van der Waals surface area contributed by atoms with Gasteiger partial charge in [-0.2, -0.15) is 5.10 Å². The predicted molar refractivity (Wildman–Crippen MR) is 101 cm³/mol. The highest BCUT2D eigenvalue weighted by molar-refractivity contribution is 5.93. The maximum absolute atomic E-state index is 12.5. The number of benzene rings is 1. The Balaban J connectivity index is 1.28. The number of para-hydroxylation sites is 1. The summed E-state index contributed by atoms with van der Waals surface area (Å²) in [4.78, 5) is 28.2. The van der Waals surface area contributed by atoms with E-state index in [4.69, 9.17) is 15.2 Å². The van der Waals surface area contributed by atoms with Gasteiger partial charge in [0, 0.05) is 32.0 Å². The molecule has 0 radical (unpaired) electrons. The maximum atomic E-state index is 12.5. The summed E-state index contributed by atoms with van der Waals surface area (Å²) in [5.74, 6) is 0.919. The van der Waals surface area contributed by atoms with Crippen molar-refractivity contribution in [1.82, 2.24) is 20.0 Å². The van der Waals surface area contributed by atoms with Crippen LogP contribution in [-0.2, 0) is 4.74 Å². The molecule has 0 bridgehead atoms. The highest BCUT2D eigenvalue weighted by Gasteiger charge is 2.47. The quantitative estimate of drug-likeness (QED) is 0.806. The standard InChI is InChI=1S/C19H23N5O4/c20-16-12-15(21-22-16)17(25)23-8-6-19(7-9-23)13-24(18(26)28-19)10-11-27-14-4-2-1-3-5-14/h1-5,12H,6-11,13H2,(H3,20,21,22). The van der Waals surface area contributed by atoms with Gasteiger partial charge in [-0.1, -0.05) is 18.2 Å². The highest BCUT2D eigenvalue weighted by atomic mass is 16.6. The molecule has 2 aromatic rings. The lowest BCUT2D eigenvalue weighted by atomic mass is 9.91. The molecular weight excluding hydrogens is 362 g/mol. The molecule has 9 heteroatoms. The minimum absolute atomic E-state index is 0.142. The lowest BCUT2D eigenvalue weighted by Gasteiger charge is -2.37. The Kier molecular flexibility index (Phi) is 4.81. The minimum atomic E-state index is -0.534. The molecule has 148 valence electrons. The first-order chi connectivity index (χ1) is 13.5. The molecule has 3 heterocycles. The van der Waals surface area contributed by atoms with E-state index in [1.807, 2.05) is 30.3 Å². The summed E-state index contributed by atoms with van der Waals surface area (Å²) in [5, 5.41) is 6.43. The van der Waals surface area contributed by atoms with Crippen LogP contribution in [0.25, 0.3) is 0 Å². The van der Waals surface area contributed by atoms with Gasteiger partial charge >= 0.3 is 6.09 Å². The number of aromatic nitrogens is 2. The highest BCUT2D eigenvalue weighted by Crippen LogP contribution is 2.33. The summed E-state index contributed by atoms with van der Waals surface area (Å²) in [6, 6.07) is 11.0. The molecule has 1 spiro atoms. The van der Waals surface area contributed by atoms with Crippen LogP contribution in [0.4, 0.5) is 10.6 Å². The number of piperidine rings is 1. The van der Waals surface area contributed by atoms with Crippen LogP contribution in [0.1, 0.15) is 23.3 Å². The van der Waals surface area contributed by atoms with E-state index in [0.29, 0.717) is 51.3 Å². The first kappa shape index (κ1) is 18.1. The molecule has 28 heavy (non-hydrogen) atoms. The Labute approximate surface area is 162 Å². The fraction of sp³-hybridized carbons (Fsp3) is 0.421. The number of anilines is 1. The molecule has 1 aromatic heterocycles. The molecule has 4 rings (SSSR count). The van der Waals surface area contributed by atoms with Crippen LogP contribution < -0.4 is 10.5 Å². The first-order valence-corrected chi connectivity index (χ1v) is 9.31. The molecule has 0 saturated carbocycles. The fourth-order valence-electron chi connectivity index (χ4n) is 3.65. The number of ether oxygens (including phenoxy) is 2. The Morgan fingerprint density at radius 2 is 2.04 bits per heavy atom. The second kappa shape index (κ2) is 7.41. The molecule has 3 N–H and O–H groups in total. The SMILES string of the molecule is Nc1cc(C(=O)N2CCC3(CC2)CN(CCOc2ccccc2)C(=O)O3)[nH]n1. The maximum Gasteiger partial charge on any atom is 0.410 e. The molecule has 9 nitrogen and oxygen atoms in total. The zero-order chi connectivity index (χ0) is 19.6. The van der Waals surface area contributed by atoms with Crippen molar-refractivity contribution in [3.05, 3.63) is 42.1 Å². The Hall–Kier alpha value is -3.23. The number of carbonyl (C=O) groups excluding carboxylic acids is 2. The lowest BCUT2D eigenvalue weighted by molar-refractivity contribution is 0.00296. The van der Waals surface area contributed by atoms with Crippen molar-refractivity contribution in [1.29, 1.82) is 0 Å². The fourth-order valence-corrected chi connectivity index (χ4v) is 3.65. The topological polar surface area (TPSA) is 114 Å². The van der Waals surface area contributed by atoms with Crippen molar-refractivity contribution in [2.24, 2.45) is 0 Å². The van der Waals surface area contributed by atoms with Crippen LogP contribution in [-0.4, -0.2) is 70.4 Å². The molecule has 0 atom stereocenters. The van der Waals surface area contributed by atoms with Crippen LogP contribution in [0.2, 0.25) is 0 Å². The Bertz CT molecular complexity index is 845. The van der Waals surface area contributed by atoms with Crippen molar-refractivity contribution in [3.63, 3.8) is 0 Å². The van der Waals surface area contributed by atoms with E-state index in [1.165, 1.54) is 6.07 Å². The van der Waals surface area contributed by atoms with Crippen LogP contribution in [0.5, 0.6) is 5.75 Å². The van der Waals surface area contributed by atoms with Gasteiger partial charge in [-0.05, 0) is 12.1 Å². The third-order valence-electron chi connectivity index (χ3n) is 5.20. The van der Waals surface area contributed by atoms with Crippen LogP contribution in [0.15, 0.2) is 36.4 Å². The summed E-state index contributed by atoms with van der Waals surface area (Å²) < 4.78 is 11.4. The zero-order valence-corrected chi connectivity index (χ0v) is 15.5. The van der Waals surface area contributed by atoms with Gasteiger partial charge in [-0.25, -0.2) is 4.79 Å². The number of nitrogen functional groups attached to an aromatic ring is 1. The van der Waals surface area contributed by atoms with E-state index >= 15 is 0 Å². The molecule has 1 aromatic carbocycles.